The van der Waals surface area contributed by atoms with Gasteiger partial charge < -0.3 is 19.6 Å². The minimum atomic E-state index is -0.648. The number of benzene rings is 1. The molecule has 6 nitrogen and oxygen atoms in total. The number of aliphatic hydroxyl groups excluding tert-OH is 1. The number of carbonyl (C=O) groups is 1. The standard InChI is InChI=1S/C19H22N2O4/c1-19(2,3)17(22)11-21-18(23)16-9-8-15(25-16)12-24-14-6-4-13(10-20)5-7-14/h4-9,17,22H,11-12H2,1-3H3,(H,21,23). The number of amides is 1. The lowest BCUT2D eigenvalue weighted by molar-refractivity contribution is 0.0578. The molecule has 25 heavy (non-hydrogen) atoms. The van der Waals surface area contributed by atoms with Crippen LogP contribution in [0.3, 0.4) is 0 Å². The van der Waals surface area contributed by atoms with Gasteiger partial charge in [-0.05, 0) is 41.8 Å². The van der Waals surface area contributed by atoms with E-state index in [1.807, 2.05) is 26.8 Å². The summed E-state index contributed by atoms with van der Waals surface area (Å²) in [6.07, 6.45) is -0.648. The third-order valence-electron chi connectivity index (χ3n) is 3.71. The zero-order chi connectivity index (χ0) is 18.4. The number of nitriles is 1. The molecule has 0 radical (unpaired) electrons. The van der Waals surface area contributed by atoms with Crippen LogP contribution in [-0.4, -0.2) is 23.7 Å². The van der Waals surface area contributed by atoms with Crippen LogP contribution >= 0.6 is 0 Å². The summed E-state index contributed by atoms with van der Waals surface area (Å²) in [5.41, 5.74) is 0.248. The third kappa shape index (κ3) is 5.37. The van der Waals surface area contributed by atoms with Gasteiger partial charge in [0.2, 0.25) is 0 Å². The maximum absolute atomic E-state index is 12.0. The zero-order valence-electron chi connectivity index (χ0n) is 14.6. The average Bonchev–Trinajstić information content (AvgIpc) is 3.06. The van der Waals surface area contributed by atoms with Crippen LogP contribution in [0, 0.1) is 16.7 Å². The van der Waals surface area contributed by atoms with Gasteiger partial charge in [0.05, 0.1) is 17.7 Å². The molecule has 0 aliphatic rings. The highest BCUT2D eigenvalue weighted by molar-refractivity contribution is 5.91. The van der Waals surface area contributed by atoms with Gasteiger partial charge in [0.1, 0.15) is 18.1 Å². The molecule has 2 aromatic rings. The molecule has 2 rings (SSSR count). The Bertz CT molecular complexity index is 751. The second-order valence-electron chi connectivity index (χ2n) is 6.78. The highest BCUT2D eigenvalue weighted by atomic mass is 16.5. The molecule has 0 saturated heterocycles. The molecule has 2 N–H and O–H groups in total. The van der Waals surface area contributed by atoms with Crippen LogP contribution < -0.4 is 10.1 Å². The molecule has 132 valence electrons. The van der Waals surface area contributed by atoms with Gasteiger partial charge in [-0.15, -0.1) is 0 Å². The molecule has 1 unspecified atom stereocenters. The molecule has 1 aromatic carbocycles. The fourth-order valence-electron chi connectivity index (χ4n) is 1.94. The summed E-state index contributed by atoms with van der Waals surface area (Å²) in [4.78, 5) is 12.0. The van der Waals surface area contributed by atoms with Crippen molar-refractivity contribution in [2.45, 2.75) is 33.5 Å². The number of furan rings is 1. The van der Waals surface area contributed by atoms with Crippen molar-refractivity contribution in [2.75, 3.05) is 6.54 Å². The Balaban J connectivity index is 1.86. The molecule has 6 heteroatoms. The van der Waals surface area contributed by atoms with Crippen LogP contribution in [0.5, 0.6) is 5.75 Å². The van der Waals surface area contributed by atoms with Crippen molar-refractivity contribution in [1.29, 1.82) is 5.26 Å². The van der Waals surface area contributed by atoms with Crippen molar-refractivity contribution < 1.29 is 19.1 Å². The quantitative estimate of drug-likeness (QED) is 0.841. The third-order valence-corrected chi connectivity index (χ3v) is 3.71. The SMILES string of the molecule is CC(C)(C)C(O)CNC(=O)c1ccc(COc2ccc(C#N)cc2)o1. The van der Waals surface area contributed by atoms with Gasteiger partial charge in [-0.3, -0.25) is 4.79 Å². The number of nitrogens with one attached hydrogen (secondary N) is 1. The van der Waals surface area contributed by atoms with E-state index < -0.39 is 6.10 Å². The van der Waals surface area contributed by atoms with Gasteiger partial charge in [-0.2, -0.15) is 5.26 Å². The highest BCUT2D eigenvalue weighted by Crippen LogP contribution is 2.19. The van der Waals surface area contributed by atoms with Crippen LogP contribution in [0.25, 0.3) is 0 Å². The Hall–Kier alpha value is -2.78. The molecule has 1 aromatic heterocycles. The van der Waals surface area contributed by atoms with Crippen molar-refractivity contribution in [3.8, 4) is 11.8 Å². The van der Waals surface area contributed by atoms with Gasteiger partial charge in [0.25, 0.3) is 5.91 Å². The van der Waals surface area contributed by atoms with E-state index in [2.05, 4.69) is 5.32 Å². The topological polar surface area (TPSA) is 95.5 Å². The summed E-state index contributed by atoms with van der Waals surface area (Å²) < 4.78 is 11.0. The lowest BCUT2D eigenvalue weighted by Gasteiger charge is -2.25. The van der Waals surface area contributed by atoms with E-state index in [-0.39, 0.29) is 30.2 Å². The Labute approximate surface area is 147 Å². The molecule has 0 spiro atoms. The average molecular weight is 342 g/mol. The van der Waals surface area contributed by atoms with Crippen LogP contribution in [0.1, 0.15) is 42.6 Å². The van der Waals surface area contributed by atoms with E-state index in [1.165, 1.54) is 0 Å². The minimum absolute atomic E-state index is 0.153. The second-order valence-corrected chi connectivity index (χ2v) is 6.78. The number of aliphatic hydroxyl groups is 1. The van der Waals surface area contributed by atoms with Crippen LogP contribution in [-0.2, 0) is 6.61 Å². The van der Waals surface area contributed by atoms with E-state index in [9.17, 15) is 9.90 Å². The maximum atomic E-state index is 12.0. The van der Waals surface area contributed by atoms with Gasteiger partial charge >= 0.3 is 0 Å². The van der Waals surface area contributed by atoms with Gasteiger partial charge in [0, 0.05) is 6.54 Å². The predicted octanol–water partition coefficient (Wildman–Crippen LogP) is 2.87. The first-order valence-corrected chi connectivity index (χ1v) is 7.97. The molecule has 1 amide bonds. The number of nitrogens with zero attached hydrogens (tertiary/aromatic N) is 1. The van der Waals surface area contributed by atoms with Crippen LogP contribution in [0.4, 0.5) is 0 Å². The number of rotatable bonds is 6. The fraction of sp³-hybridized carbons (Fsp3) is 0.368. The number of ether oxygens (including phenoxy) is 1. The molecule has 1 heterocycles. The number of hydrogen-bond donors (Lipinski definition) is 2. The van der Waals surface area contributed by atoms with E-state index in [4.69, 9.17) is 14.4 Å². The lowest BCUT2D eigenvalue weighted by atomic mass is 9.89. The number of carbonyl (C=O) groups excluding carboxylic acids is 1. The van der Waals surface area contributed by atoms with Crippen molar-refractivity contribution >= 4 is 5.91 Å². The van der Waals surface area contributed by atoms with Crippen molar-refractivity contribution in [2.24, 2.45) is 5.41 Å². The van der Waals surface area contributed by atoms with Crippen molar-refractivity contribution in [1.82, 2.24) is 5.32 Å². The highest BCUT2D eigenvalue weighted by Gasteiger charge is 2.23. The monoisotopic (exact) mass is 342 g/mol. The molecular formula is C19H22N2O4. The minimum Gasteiger partial charge on any atom is -0.486 e. The molecule has 0 fully saturated rings. The van der Waals surface area contributed by atoms with E-state index >= 15 is 0 Å². The van der Waals surface area contributed by atoms with Crippen molar-refractivity contribution in [3.05, 3.63) is 53.5 Å². The molecule has 0 saturated carbocycles. The Kier molecular flexibility index (Phi) is 5.84. The predicted molar refractivity (Wildman–Crippen MR) is 92.0 cm³/mol. The van der Waals surface area contributed by atoms with E-state index in [0.717, 1.165) is 0 Å². The summed E-state index contributed by atoms with van der Waals surface area (Å²) in [5, 5.41) is 21.4. The summed E-state index contributed by atoms with van der Waals surface area (Å²) >= 11 is 0. The lowest BCUT2D eigenvalue weighted by Crippen LogP contribution is -2.39. The Morgan fingerprint density at radius 2 is 1.96 bits per heavy atom. The first-order chi connectivity index (χ1) is 11.8. The number of hydrogen-bond acceptors (Lipinski definition) is 5. The molecule has 0 aliphatic heterocycles. The summed E-state index contributed by atoms with van der Waals surface area (Å²) in [5.74, 6) is 0.896. The Morgan fingerprint density at radius 3 is 2.56 bits per heavy atom. The smallest absolute Gasteiger partial charge is 0.287 e. The van der Waals surface area contributed by atoms with E-state index in [0.29, 0.717) is 17.1 Å². The van der Waals surface area contributed by atoms with Gasteiger partial charge in [0.15, 0.2) is 5.76 Å². The summed E-state index contributed by atoms with van der Waals surface area (Å²) in [6, 6.07) is 12.0. The van der Waals surface area contributed by atoms with Gasteiger partial charge in [-0.1, -0.05) is 20.8 Å². The molecular weight excluding hydrogens is 320 g/mol. The molecule has 0 bridgehead atoms. The van der Waals surface area contributed by atoms with Crippen molar-refractivity contribution in [3.63, 3.8) is 0 Å². The van der Waals surface area contributed by atoms with Crippen LogP contribution in [0.2, 0.25) is 0 Å². The largest absolute Gasteiger partial charge is 0.486 e. The molecule has 1 atom stereocenters. The van der Waals surface area contributed by atoms with Crippen LogP contribution in [0.15, 0.2) is 40.8 Å². The van der Waals surface area contributed by atoms with Gasteiger partial charge in [-0.25, -0.2) is 0 Å². The molecule has 0 aliphatic carbocycles. The fourth-order valence-corrected chi connectivity index (χ4v) is 1.94. The normalized spacial score (nSPS) is 12.3. The first-order valence-electron chi connectivity index (χ1n) is 7.97. The summed E-state index contributed by atoms with van der Waals surface area (Å²) in [7, 11) is 0. The zero-order valence-corrected chi connectivity index (χ0v) is 14.6. The maximum Gasteiger partial charge on any atom is 0.287 e. The second kappa shape index (κ2) is 7.86. The van der Waals surface area contributed by atoms with E-state index in [1.54, 1.807) is 36.4 Å². The Morgan fingerprint density at radius 1 is 1.28 bits per heavy atom. The first kappa shape index (κ1) is 18.6. The summed E-state index contributed by atoms with van der Waals surface area (Å²) in [6.45, 7) is 6.02.